The zero-order chi connectivity index (χ0) is 19.3. The van der Waals surface area contributed by atoms with Gasteiger partial charge in [0.15, 0.2) is 0 Å². The normalized spacial score (nSPS) is 55.3. The molecule has 156 valence electrons. The summed E-state index contributed by atoms with van der Waals surface area (Å²) >= 11 is 6.60. The largest absolute Gasteiger partial charge is 0.390 e. The molecular weight excluding hydrogens is 368 g/mol. The maximum Gasteiger partial charge on any atom is 0.124 e. The lowest BCUT2D eigenvalue weighted by Gasteiger charge is -2.43. The monoisotopic (exact) mass is 402 g/mol. The number of alkyl halides is 1. The first-order chi connectivity index (χ1) is 12.8. The summed E-state index contributed by atoms with van der Waals surface area (Å²) < 4.78 is 0. The Balaban J connectivity index is 1.35. The third-order valence-corrected chi connectivity index (χ3v) is 8.09. The lowest BCUT2D eigenvalue weighted by molar-refractivity contribution is -0.0389. The van der Waals surface area contributed by atoms with Gasteiger partial charge < -0.3 is 21.1 Å². The maximum absolute atomic E-state index is 10.5. The summed E-state index contributed by atoms with van der Waals surface area (Å²) in [4.78, 5) is 0. The predicted octanol–water partition coefficient (Wildman–Crippen LogP) is -0.0202. The molecule has 0 aromatic rings. The standard InChI is InChI=1S/C19H35ClN4O3/c1-9-2-4-10(5-3-9)6-7-11-16(20)23-18(21)24-17(11)22-13-8-12-14(25)19(12,27)15(13)26/h9-18,22-27H,2-8,21H2,1H3. The van der Waals surface area contributed by atoms with Gasteiger partial charge in [-0.3, -0.25) is 16.0 Å². The van der Waals surface area contributed by atoms with Crippen molar-refractivity contribution in [2.24, 2.45) is 29.4 Å². The Labute approximate surface area is 166 Å². The van der Waals surface area contributed by atoms with E-state index in [-0.39, 0.29) is 29.5 Å². The van der Waals surface area contributed by atoms with Crippen molar-refractivity contribution >= 4 is 11.6 Å². The number of aliphatic hydroxyl groups is 3. The SMILES string of the molecule is CC1CCC(CCC2C(Cl)NC(N)NC2NC2CC3C(O)C3(O)C2O)CC1. The van der Waals surface area contributed by atoms with Crippen LogP contribution in [0.15, 0.2) is 0 Å². The summed E-state index contributed by atoms with van der Waals surface area (Å²) in [5, 5.41) is 40.5. The minimum atomic E-state index is -1.35. The second-order valence-corrected chi connectivity index (χ2v) is 9.92. The van der Waals surface area contributed by atoms with Crippen molar-refractivity contribution in [3.05, 3.63) is 0 Å². The highest BCUT2D eigenvalue weighted by Crippen LogP contribution is 2.55. The van der Waals surface area contributed by atoms with E-state index in [0.29, 0.717) is 6.42 Å². The number of fused-ring (bicyclic) bond motifs is 1. The molecule has 1 saturated heterocycles. The van der Waals surface area contributed by atoms with Crippen molar-refractivity contribution < 1.29 is 15.3 Å². The van der Waals surface area contributed by atoms with E-state index in [4.69, 9.17) is 17.3 Å². The van der Waals surface area contributed by atoms with E-state index in [9.17, 15) is 15.3 Å². The van der Waals surface area contributed by atoms with Crippen LogP contribution in [0.3, 0.4) is 0 Å². The molecular formula is C19H35ClN4O3. The van der Waals surface area contributed by atoms with Crippen molar-refractivity contribution in [2.75, 3.05) is 0 Å². The van der Waals surface area contributed by atoms with Gasteiger partial charge in [0.05, 0.1) is 17.8 Å². The molecule has 0 aromatic carbocycles. The van der Waals surface area contributed by atoms with Crippen LogP contribution in [0, 0.1) is 23.7 Å². The molecule has 0 aromatic heterocycles. The maximum atomic E-state index is 10.5. The van der Waals surface area contributed by atoms with E-state index in [0.717, 1.165) is 24.7 Å². The van der Waals surface area contributed by atoms with Gasteiger partial charge in [-0.25, -0.2) is 0 Å². The Morgan fingerprint density at radius 3 is 2.44 bits per heavy atom. The van der Waals surface area contributed by atoms with Gasteiger partial charge in [0.1, 0.15) is 18.0 Å². The third-order valence-electron chi connectivity index (χ3n) is 7.64. The molecule has 0 spiro atoms. The number of halogens is 1. The molecule has 4 rings (SSSR count). The van der Waals surface area contributed by atoms with Crippen molar-refractivity contribution in [2.45, 2.75) is 93.7 Å². The van der Waals surface area contributed by atoms with Crippen LogP contribution in [-0.4, -0.2) is 57.1 Å². The molecule has 3 saturated carbocycles. The number of aliphatic hydroxyl groups excluding tert-OH is 2. The summed E-state index contributed by atoms with van der Waals surface area (Å²) in [6.07, 6.45) is 5.59. The zero-order valence-corrected chi connectivity index (χ0v) is 16.8. The lowest BCUT2D eigenvalue weighted by Crippen LogP contribution is -2.70. The number of nitrogens with two attached hydrogens (primary N) is 1. The molecule has 0 bridgehead atoms. The molecule has 0 radical (unpaired) electrons. The van der Waals surface area contributed by atoms with Crippen molar-refractivity contribution in [3.8, 4) is 0 Å². The van der Waals surface area contributed by atoms with Crippen LogP contribution in [0.1, 0.15) is 51.9 Å². The van der Waals surface area contributed by atoms with E-state index >= 15 is 0 Å². The first-order valence-corrected chi connectivity index (χ1v) is 11.0. The molecule has 4 aliphatic rings. The van der Waals surface area contributed by atoms with Crippen molar-refractivity contribution in [3.63, 3.8) is 0 Å². The summed E-state index contributed by atoms with van der Waals surface area (Å²) in [5.74, 6) is 1.51. The van der Waals surface area contributed by atoms with Gasteiger partial charge in [-0.15, -0.1) is 11.6 Å². The highest BCUT2D eigenvalue weighted by molar-refractivity contribution is 6.20. The predicted molar refractivity (Wildman–Crippen MR) is 104 cm³/mol. The molecule has 0 amide bonds. The molecule has 8 heteroatoms. The Hall–Kier alpha value is 0.01000. The number of hydrogen-bond acceptors (Lipinski definition) is 7. The molecule has 9 unspecified atom stereocenters. The fourth-order valence-corrected chi connectivity index (χ4v) is 6.04. The van der Waals surface area contributed by atoms with Crippen LogP contribution in [-0.2, 0) is 0 Å². The smallest absolute Gasteiger partial charge is 0.124 e. The van der Waals surface area contributed by atoms with Crippen LogP contribution in [0.5, 0.6) is 0 Å². The van der Waals surface area contributed by atoms with E-state index in [2.05, 4.69) is 22.9 Å². The topological polar surface area (TPSA) is 123 Å². The minimum Gasteiger partial charge on any atom is -0.390 e. The highest BCUT2D eigenvalue weighted by Gasteiger charge is 2.74. The van der Waals surface area contributed by atoms with E-state index < -0.39 is 24.1 Å². The van der Waals surface area contributed by atoms with Crippen LogP contribution in [0.4, 0.5) is 0 Å². The quantitative estimate of drug-likeness (QED) is 0.255. The van der Waals surface area contributed by atoms with Gasteiger partial charge in [0.2, 0.25) is 0 Å². The molecule has 1 aliphatic heterocycles. The lowest BCUT2D eigenvalue weighted by atomic mass is 9.79. The average molecular weight is 403 g/mol. The summed E-state index contributed by atoms with van der Waals surface area (Å²) in [5.41, 5.74) is 4.43. The van der Waals surface area contributed by atoms with Gasteiger partial charge >= 0.3 is 0 Å². The van der Waals surface area contributed by atoms with Crippen LogP contribution in [0.25, 0.3) is 0 Å². The summed E-state index contributed by atoms with van der Waals surface area (Å²) in [6.45, 7) is 2.34. The average Bonchev–Trinajstić information content (AvgIpc) is 3.03. The molecule has 1 heterocycles. The molecule has 27 heavy (non-hydrogen) atoms. The van der Waals surface area contributed by atoms with Gasteiger partial charge in [-0.05, 0) is 31.1 Å². The van der Waals surface area contributed by atoms with Crippen LogP contribution in [0.2, 0.25) is 0 Å². The Kier molecular flexibility index (Phi) is 5.78. The highest BCUT2D eigenvalue weighted by atomic mass is 35.5. The fourth-order valence-electron chi connectivity index (χ4n) is 5.63. The molecule has 9 atom stereocenters. The van der Waals surface area contributed by atoms with Gasteiger partial charge in [-0.2, -0.15) is 0 Å². The van der Waals surface area contributed by atoms with Crippen molar-refractivity contribution in [1.29, 1.82) is 0 Å². The van der Waals surface area contributed by atoms with E-state index in [1.807, 2.05) is 0 Å². The first kappa shape index (κ1) is 20.3. The second-order valence-electron chi connectivity index (χ2n) is 9.45. The molecule has 8 N–H and O–H groups in total. The number of rotatable bonds is 5. The van der Waals surface area contributed by atoms with Crippen LogP contribution >= 0.6 is 11.6 Å². The number of hydrogen-bond donors (Lipinski definition) is 7. The third kappa shape index (κ3) is 3.78. The summed E-state index contributed by atoms with van der Waals surface area (Å²) in [6, 6.07) is -0.270. The second kappa shape index (κ2) is 7.69. The first-order valence-electron chi connectivity index (χ1n) is 10.6. The van der Waals surface area contributed by atoms with E-state index in [1.165, 1.54) is 25.7 Å². The van der Waals surface area contributed by atoms with Gasteiger partial charge in [0, 0.05) is 17.9 Å². The Bertz CT molecular complexity index is 535. The fraction of sp³-hybridized carbons (Fsp3) is 1.00. The Morgan fingerprint density at radius 1 is 1.11 bits per heavy atom. The van der Waals surface area contributed by atoms with Crippen molar-refractivity contribution in [1.82, 2.24) is 16.0 Å². The molecule has 3 aliphatic carbocycles. The van der Waals surface area contributed by atoms with Gasteiger partial charge in [-0.1, -0.05) is 32.6 Å². The van der Waals surface area contributed by atoms with Gasteiger partial charge in [0.25, 0.3) is 0 Å². The summed E-state index contributed by atoms with van der Waals surface area (Å²) in [7, 11) is 0. The zero-order valence-electron chi connectivity index (χ0n) is 16.0. The minimum absolute atomic E-state index is 0.134. The number of nitrogens with one attached hydrogen (secondary N) is 3. The molecule has 4 fully saturated rings. The van der Waals surface area contributed by atoms with E-state index in [1.54, 1.807) is 0 Å². The molecule has 7 nitrogen and oxygen atoms in total. The van der Waals surface area contributed by atoms with Crippen LogP contribution < -0.4 is 21.7 Å². The Morgan fingerprint density at radius 2 is 1.81 bits per heavy atom.